The molecule has 124 valence electrons. The number of methoxy groups -OCH3 is 1. The maximum atomic E-state index is 6.08. The molecule has 0 bridgehead atoms. The second-order valence-corrected chi connectivity index (χ2v) is 6.14. The maximum Gasteiger partial charge on any atom is 0.199 e. The van der Waals surface area contributed by atoms with E-state index in [0.29, 0.717) is 29.6 Å². The summed E-state index contributed by atoms with van der Waals surface area (Å²) in [5.41, 5.74) is 1.02. The highest BCUT2D eigenvalue weighted by Gasteiger charge is 2.11. The summed E-state index contributed by atoms with van der Waals surface area (Å²) in [5, 5.41) is 5.19. The first-order valence-electron chi connectivity index (χ1n) is 7.22. The van der Waals surface area contributed by atoms with Crippen LogP contribution >= 0.6 is 23.8 Å². The molecule has 0 aliphatic heterocycles. The smallest absolute Gasteiger partial charge is 0.199 e. The van der Waals surface area contributed by atoms with E-state index >= 15 is 0 Å². The number of hydrogen-bond acceptors (Lipinski definition) is 4. The molecule has 2 aromatic rings. The van der Waals surface area contributed by atoms with Crippen molar-refractivity contribution in [1.29, 1.82) is 0 Å². The fourth-order valence-electron chi connectivity index (χ4n) is 2.42. The number of allylic oxidation sites excluding steroid dienone is 1. The largest absolute Gasteiger partial charge is 0.496 e. The minimum atomic E-state index is 0.583. The van der Waals surface area contributed by atoms with E-state index in [1.165, 1.54) is 0 Å². The van der Waals surface area contributed by atoms with E-state index in [0.717, 1.165) is 17.1 Å². The number of halogens is 1. The first-order valence-corrected chi connectivity index (χ1v) is 8.01. The van der Waals surface area contributed by atoms with Crippen LogP contribution in [0.2, 0.25) is 5.02 Å². The quantitative estimate of drug-likeness (QED) is 0.562. The van der Waals surface area contributed by atoms with Gasteiger partial charge in [0, 0.05) is 23.7 Å². The zero-order chi connectivity index (χ0) is 17.0. The highest BCUT2D eigenvalue weighted by atomic mass is 35.5. The number of ether oxygens (including phenoxy) is 1. The van der Waals surface area contributed by atoms with E-state index in [1.807, 2.05) is 47.5 Å². The van der Waals surface area contributed by atoms with Crippen LogP contribution in [0.15, 0.2) is 30.9 Å². The Bertz CT molecular complexity index is 753. The lowest BCUT2D eigenvalue weighted by Gasteiger charge is -2.18. The van der Waals surface area contributed by atoms with Crippen molar-refractivity contribution < 1.29 is 4.74 Å². The zero-order valence-electron chi connectivity index (χ0n) is 13.6. The van der Waals surface area contributed by atoms with Gasteiger partial charge in [-0.15, -0.1) is 6.58 Å². The van der Waals surface area contributed by atoms with Gasteiger partial charge in [-0.25, -0.2) is 4.68 Å². The van der Waals surface area contributed by atoms with Crippen molar-refractivity contribution in [2.24, 2.45) is 0 Å². The summed E-state index contributed by atoms with van der Waals surface area (Å²) < 4.78 is 9.84. The highest BCUT2D eigenvalue weighted by molar-refractivity contribution is 7.71. The lowest BCUT2D eigenvalue weighted by molar-refractivity contribution is 0.240. The van der Waals surface area contributed by atoms with Crippen LogP contribution in [0, 0.1) is 11.7 Å². The number of hydrogen-bond donors (Lipinski definition) is 0. The Morgan fingerprint density at radius 3 is 2.87 bits per heavy atom. The van der Waals surface area contributed by atoms with Crippen LogP contribution in [0.5, 0.6) is 5.75 Å². The second-order valence-electron chi connectivity index (χ2n) is 5.34. The van der Waals surface area contributed by atoms with Crippen molar-refractivity contribution in [3.8, 4) is 5.75 Å². The van der Waals surface area contributed by atoms with Gasteiger partial charge in [-0.05, 0) is 44.4 Å². The van der Waals surface area contributed by atoms with E-state index in [9.17, 15) is 0 Å². The molecule has 0 amide bonds. The second kappa shape index (κ2) is 7.77. The first-order chi connectivity index (χ1) is 11.0. The standard InChI is InChI=1S/C16H21ClN4OS/c1-5-8-20-12(2)18-21(16(20)23)11-19(3)10-13-9-14(17)6-7-15(13)22-4/h5-7,9H,1,8,10-11H2,2-4H3. The topological polar surface area (TPSA) is 35.2 Å². The zero-order valence-corrected chi connectivity index (χ0v) is 15.2. The molecule has 1 aromatic heterocycles. The van der Waals surface area contributed by atoms with Gasteiger partial charge in [-0.2, -0.15) is 5.10 Å². The van der Waals surface area contributed by atoms with Gasteiger partial charge < -0.3 is 9.30 Å². The summed E-state index contributed by atoms with van der Waals surface area (Å²) in [7, 11) is 3.66. The van der Waals surface area contributed by atoms with Crippen molar-refractivity contribution in [3.05, 3.63) is 52.0 Å². The van der Waals surface area contributed by atoms with Crippen LogP contribution < -0.4 is 4.74 Å². The Balaban J connectivity index is 2.16. The van der Waals surface area contributed by atoms with Crippen molar-refractivity contribution in [2.75, 3.05) is 14.2 Å². The molecule has 0 saturated carbocycles. The van der Waals surface area contributed by atoms with Gasteiger partial charge in [-0.1, -0.05) is 17.7 Å². The summed E-state index contributed by atoms with van der Waals surface area (Å²) in [6.07, 6.45) is 1.81. The lowest BCUT2D eigenvalue weighted by Crippen LogP contribution is -2.23. The molecule has 2 rings (SSSR count). The van der Waals surface area contributed by atoms with Crippen LogP contribution in [-0.4, -0.2) is 33.4 Å². The molecule has 23 heavy (non-hydrogen) atoms. The molecule has 0 aliphatic carbocycles. The average molecular weight is 353 g/mol. The molecule has 5 nitrogen and oxygen atoms in total. The molecule has 7 heteroatoms. The number of aryl methyl sites for hydroxylation is 1. The van der Waals surface area contributed by atoms with Crippen LogP contribution in [0.1, 0.15) is 11.4 Å². The Morgan fingerprint density at radius 2 is 2.22 bits per heavy atom. The maximum absolute atomic E-state index is 6.08. The molecular weight excluding hydrogens is 332 g/mol. The molecule has 0 atom stereocenters. The predicted octanol–water partition coefficient (Wildman–Crippen LogP) is 3.66. The van der Waals surface area contributed by atoms with Gasteiger partial charge in [0.05, 0.1) is 13.8 Å². The van der Waals surface area contributed by atoms with E-state index in [4.69, 9.17) is 28.6 Å². The number of nitrogens with zero attached hydrogens (tertiary/aromatic N) is 4. The molecule has 0 saturated heterocycles. The van der Waals surface area contributed by atoms with Crippen molar-refractivity contribution in [1.82, 2.24) is 19.2 Å². The number of rotatable bonds is 7. The molecule has 0 unspecified atom stereocenters. The lowest BCUT2D eigenvalue weighted by atomic mass is 10.2. The number of aromatic nitrogens is 3. The van der Waals surface area contributed by atoms with Gasteiger partial charge in [0.1, 0.15) is 11.6 Å². The summed E-state index contributed by atoms with van der Waals surface area (Å²) in [6, 6.07) is 5.61. The fraction of sp³-hybridized carbons (Fsp3) is 0.375. The minimum Gasteiger partial charge on any atom is -0.496 e. The van der Waals surface area contributed by atoms with Gasteiger partial charge in [0.15, 0.2) is 4.77 Å². The molecule has 0 radical (unpaired) electrons. The fourth-order valence-corrected chi connectivity index (χ4v) is 2.92. The van der Waals surface area contributed by atoms with Crippen LogP contribution in [0.4, 0.5) is 0 Å². The van der Waals surface area contributed by atoms with Crippen molar-refractivity contribution >= 4 is 23.8 Å². The van der Waals surface area contributed by atoms with E-state index in [-0.39, 0.29) is 0 Å². The van der Waals surface area contributed by atoms with Gasteiger partial charge in [0.25, 0.3) is 0 Å². The Labute approximate surface area is 146 Å². The van der Waals surface area contributed by atoms with Crippen LogP contribution in [-0.2, 0) is 19.8 Å². The summed E-state index contributed by atoms with van der Waals surface area (Å²) in [6.45, 7) is 7.62. The van der Waals surface area contributed by atoms with E-state index in [2.05, 4.69) is 16.6 Å². The van der Waals surface area contributed by atoms with E-state index in [1.54, 1.807) is 7.11 Å². The average Bonchev–Trinajstić information content (AvgIpc) is 2.75. The number of benzene rings is 1. The normalized spacial score (nSPS) is 11.0. The third kappa shape index (κ3) is 4.22. The Morgan fingerprint density at radius 1 is 1.48 bits per heavy atom. The van der Waals surface area contributed by atoms with E-state index < -0.39 is 0 Å². The van der Waals surface area contributed by atoms with Crippen LogP contribution in [0.25, 0.3) is 0 Å². The minimum absolute atomic E-state index is 0.583. The summed E-state index contributed by atoms with van der Waals surface area (Å²) in [5.74, 6) is 1.70. The third-order valence-corrected chi connectivity index (χ3v) is 4.14. The molecule has 0 spiro atoms. The molecule has 0 fully saturated rings. The van der Waals surface area contributed by atoms with Gasteiger partial charge in [-0.3, -0.25) is 4.90 Å². The highest BCUT2D eigenvalue weighted by Crippen LogP contribution is 2.23. The predicted molar refractivity (Wildman–Crippen MR) is 95.5 cm³/mol. The van der Waals surface area contributed by atoms with Crippen LogP contribution in [0.3, 0.4) is 0 Å². The van der Waals surface area contributed by atoms with Crippen molar-refractivity contribution in [3.63, 3.8) is 0 Å². The summed E-state index contributed by atoms with van der Waals surface area (Å²) >= 11 is 11.6. The van der Waals surface area contributed by atoms with Crippen molar-refractivity contribution in [2.45, 2.75) is 26.7 Å². The molecule has 0 aliphatic rings. The molecule has 1 heterocycles. The Kier molecular flexibility index (Phi) is 5.98. The monoisotopic (exact) mass is 352 g/mol. The first kappa shape index (κ1) is 17.7. The Hall–Kier alpha value is -1.63. The molecule has 1 aromatic carbocycles. The molecular formula is C16H21ClN4OS. The molecule has 0 N–H and O–H groups in total. The SMILES string of the molecule is C=CCn1c(C)nn(CN(C)Cc2cc(Cl)ccc2OC)c1=S. The van der Waals surface area contributed by atoms with Gasteiger partial charge in [0.2, 0.25) is 0 Å². The van der Waals surface area contributed by atoms with Gasteiger partial charge >= 0.3 is 0 Å². The third-order valence-electron chi connectivity index (χ3n) is 3.48. The summed E-state index contributed by atoms with van der Waals surface area (Å²) in [4.78, 5) is 2.11.